The summed E-state index contributed by atoms with van der Waals surface area (Å²) < 4.78 is 5.39. The summed E-state index contributed by atoms with van der Waals surface area (Å²) in [7, 11) is 0. The number of nitrogens with one attached hydrogen (secondary N) is 1. The van der Waals surface area contributed by atoms with Crippen molar-refractivity contribution in [2.45, 2.75) is 26.3 Å². The number of rotatable bonds is 7. The molecule has 27 heavy (non-hydrogen) atoms. The minimum Gasteiger partial charge on any atom is -0.379 e. The number of benzene rings is 2. The number of nitrogens with zero attached hydrogens (tertiary/aromatic N) is 2. The van der Waals surface area contributed by atoms with E-state index >= 15 is 0 Å². The molecule has 1 atom stereocenters. The Morgan fingerprint density at radius 1 is 1.19 bits per heavy atom. The Morgan fingerprint density at radius 3 is 2.70 bits per heavy atom. The third-order valence-corrected chi connectivity index (χ3v) is 5.30. The van der Waals surface area contributed by atoms with Gasteiger partial charge in [-0.25, -0.2) is 4.79 Å². The molecule has 0 aliphatic carbocycles. The third kappa shape index (κ3) is 5.21. The summed E-state index contributed by atoms with van der Waals surface area (Å²) in [6.45, 7) is 10.2. The van der Waals surface area contributed by atoms with Crippen LogP contribution >= 0.6 is 0 Å². The van der Waals surface area contributed by atoms with Crippen molar-refractivity contribution in [1.29, 1.82) is 0 Å². The van der Waals surface area contributed by atoms with Crippen molar-refractivity contribution in [2.24, 2.45) is 0 Å². The molecule has 1 fully saturated rings. The minimum absolute atomic E-state index is 0.0138. The van der Waals surface area contributed by atoms with E-state index in [4.69, 9.17) is 4.74 Å². The molecule has 0 aromatic heterocycles. The maximum Gasteiger partial charge on any atom is 0.317 e. The first-order chi connectivity index (χ1) is 13.2. The van der Waals surface area contributed by atoms with E-state index in [2.05, 4.69) is 47.5 Å². The van der Waals surface area contributed by atoms with Gasteiger partial charge in [-0.05, 0) is 36.6 Å². The number of ether oxygens (including phenoxy) is 1. The van der Waals surface area contributed by atoms with E-state index in [-0.39, 0.29) is 12.1 Å². The molecule has 1 N–H and O–H groups in total. The summed E-state index contributed by atoms with van der Waals surface area (Å²) in [6, 6.07) is 14.6. The smallest absolute Gasteiger partial charge is 0.317 e. The highest BCUT2D eigenvalue weighted by atomic mass is 16.5. The molecule has 3 rings (SSSR count). The van der Waals surface area contributed by atoms with Crippen molar-refractivity contribution in [3.8, 4) is 0 Å². The zero-order valence-electron chi connectivity index (χ0n) is 16.5. The lowest BCUT2D eigenvalue weighted by Gasteiger charge is -2.28. The van der Waals surface area contributed by atoms with Gasteiger partial charge < -0.3 is 15.0 Å². The third-order valence-electron chi connectivity index (χ3n) is 5.30. The second-order valence-corrected chi connectivity index (χ2v) is 7.13. The standard InChI is InChI=1S/C22H31N3O2/c1-3-25(13-7-12-24-14-16-27-17-15-24)22(26)23-18(2)20-11-6-9-19-8-4-5-10-21(19)20/h4-6,8-11,18H,3,7,12-17H2,1-2H3,(H,23,26)/t18-/m0/s1. The van der Waals surface area contributed by atoms with Crippen LogP contribution in [0.2, 0.25) is 0 Å². The van der Waals surface area contributed by atoms with Gasteiger partial charge in [0.1, 0.15) is 0 Å². The molecular weight excluding hydrogens is 338 g/mol. The first-order valence-corrected chi connectivity index (χ1v) is 10.0. The van der Waals surface area contributed by atoms with Gasteiger partial charge in [-0.1, -0.05) is 42.5 Å². The van der Waals surface area contributed by atoms with Crippen molar-refractivity contribution in [1.82, 2.24) is 15.1 Å². The Kier molecular flexibility index (Phi) is 7.07. The molecular formula is C22H31N3O2. The summed E-state index contributed by atoms with van der Waals surface area (Å²) in [5.41, 5.74) is 1.16. The largest absolute Gasteiger partial charge is 0.379 e. The van der Waals surface area contributed by atoms with E-state index in [9.17, 15) is 4.79 Å². The van der Waals surface area contributed by atoms with Crippen molar-refractivity contribution in [2.75, 3.05) is 45.9 Å². The molecule has 5 nitrogen and oxygen atoms in total. The molecule has 0 saturated carbocycles. The fourth-order valence-electron chi connectivity index (χ4n) is 3.70. The average molecular weight is 370 g/mol. The predicted molar refractivity (Wildman–Crippen MR) is 110 cm³/mol. The lowest BCUT2D eigenvalue weighted by atomic mass is 10.00. The van der Waals surface area contributed by atoms with Crippen LogP contribution in [0.15, 0.2) is 42.5 Å². The van der Waals surface area contributed by atoms with Crippen LogP contribution in [0.5, 0.6) is 0 Å². The van der Waals surface area contributed by atoms with Gasteiger partial charge in [-0.3, -0.25) is 4.90 Å². The van der Waals surface area contributed by atoms with E-state index in [1.165, 1.54) is 10.8 Å². The molecule has 0 bridgehead atoms. The van der Waals surface area contributed by atoms with Gasteiger partial charge in [-0.2, -0.15) is 0 Å². The Morgan fingerprint density at radius 2 is 1.93 bits per heavy atom. The van der Waals surface area contributed by atoms with Crippen LogP contribution in [-0.2, 0) is 4.74 Å². The SMILES string of the molecule is CCN(CCCN1CCOCC1)C(=O)N[C@@H](C)c1cccc2ccccc12. The highest BCUT2D eigenvalue weighted by Gasteiger charge is 2.17. The van der Waals surface area contributed by atoms with E-state index in [0.717, 1.165) is 57.9 Å². The monoisotopic (exact) mass is 369 g/mol. The number of carbonyl (C=O) groups is 1. The first-order valence-electron chi connectivity index (χ1n) is 10.0. The van der Waals surface area contributed by atoms with E-state index < -0.39 is 0 Å². The fourth-order valence-corrected chi connectivity index (χ4v) is 3.70. The van der Waals surface area contributed by atoms with E-state index in [1.54, 1.807) is 0 Å². The van der Waals surface area contributed by atoms with Gasteiger partial charge in [0, 0.05) is 32.7 Å². The lowest BCUT2D eigenvalue weighted by Crippen LogP contribution is -2.43. The number of fused-ring (bicyclic) bond motifs is 1. The highest BCUT2D eigenvalue weighted by molar-refractivity contribution is 5.86. The Labute approximate surface area is 162 Å². The van der Waals surface area contributed by atoms with E-state index in [1.807, 2.05) is 24.0 Å². The van der Waals surface area contributed by atoms with Gasteiger partial charge in [-0.15, -0.1) is 0 Å². The maximum atomic E-state index is 12.8. The molecule has 2 aromatic rings. The number of carbonyl (C=O) groups excluding carboxylic acids is 1. The van der Waals surface area contributed by atoms with Crippen molar-refractivity contribution in [3.63, 3.8) is 0 Å². The van der Waals surface area contributed by atoms with Crippen LogP contribution < -0.4 is 5.32 Å². The molecule has 2 amide bonds. The molecule has 0 spiro atoms. The van der Waals surface area contributed by atoms with Crippen molar-refractivity contribution in [3.05, 3.63) is 48.0 Å². The Balaban J connectivity index is 1.55. The summed E-state index contributed by atoms with van der Waals surface area (Å²) in [6.07, 6.45) is 0.990. The number of urea groups is 1. The Bertz CT molecular complexity index is 738. The van der Waals surface area contributed by atoms with Crippen LogP contribution in [0.1, 0.15) is 31.9 Å². The molecule has 1 heterocycles. The van der Waals surface area contributed by atoms with E-state index in [0.29, 0.717) is 0 Å². The van der Waals surface area contributed by atoms with Crippen LogP contribution in [0.3, 0.4) is 0 Å². The Hall–Kier alpha value is -2.11. The molecule has 2 aromatic carbocycles. The first kappa shape index (κ1) is 19.6. The quantitative estimate of drug-likeness (QED) is 0.810. The van der Waals surface area contributed by atoms with Crippen LogP contribution in [-0.4, -0.2) is 61.8 Å². The highest BCUT2D eigenvalue weighted by Crippen LogP contribution is 2.24. The minimum atomic E-state index is -0.0307. The van der Waals surface area contributed by atoms with Gasteiger partial charge >= 0.3 is 6.03 Å². The number of morpholine rings is 1. The van der Waals surface area contributed by atoms with Crippen molar-refractivity contribution >= 4 is 16.8 Å². The van der Waals surface area contributed by atoms with Gasteiger partial charge in [0.25, 0.3) is 0 Å². The number of hydrogen-bond donors (Lipinski definition) is 1. The maximum absolute atomic E-state index is 12.8. The zero-order valence-corrected chi connectivity index (χ0v) is 16.5. The van der Waals surface area contributed by atoms with Crippen LogP contribution in [0.4, 0.5) is 4.79 Å². The molecule has 1 aliphatic rings. The van der Waals surface area contributed by atoms with Gasteiger partial charge in [0.2, 0.25) is 0 Å². The topological polar surface area (TPSA) is 44.8 Å². The molecule has 1 saturated heterocycles. The zero-order chi connectivity index (χ0) is 19.1. The summed E-state index contributed by atoms with van der Waals surface area (Å²) >= 11 is 0. The average Bonchev–Trinajstić information content (AvgIpc) is 2.71. The summed E-state index contributed by atoms with van der Waals surface area (Å²) in [4.78, 5) is 17.1. The normalized spacial score (nSPS) is 16.2. The predicted octanol–water partition coefficient (Wildman–Crippen LogP) is 3.65. The number of amides is 2. The lowest BCUT2D eigenvalue weighted by molar-refractivity contribution is 0.0365. The molecule has 146 valence electrons. The second-order valence-electron chi connectivity index (χ2n) is 7.13. The molecule has 0 radical (unpaired) electrons. The number of hydrogen-bond acceptors (Lipinski definition) is 3. The van der Waals surface area contributed by atoms with Gasteiger partial charge in [0.15, 0.2) is 0 Å². The van der Waals surface area contributed by atoms with Crippen molar-refractivity contribution < 1.29 is 9.53 Å². The molecule has 1 aliphatic heterocycles. The van der Waals surface area contributed by atoms with Crippen LogP contribution in [0.25, 0.3) is 10.8 Å². The fraction of sp³-hybridized carbons (Fsp3) is 0.500. The second kappa shape index (κ2) is 9.72. The molecule has 0 unspecified atom stereocenters. The van der Waals surface area contributed by atoms with Gasteiger partial charge in [0.05, 0.1) is 19.3 Å². The molecule has 5 heteroatoms. The summed E-state index contributed by atoms with van der Waals surface area (Å²) in [5, 5.41) is 5.58. The summed E-state index contributed by atoms with van der Waals surface area (Å²) in [5.74, 6) is 0. The van der Waals surface area contributed by atoms with Crippen LogP contribution in [0, 0.1) is 0 Å².